The highest BCUT2D eigenvalue weighted by atomic mass is 79.9. The lowest BCUT2D eigenvalue weighted by atomic mass is 9.92. The highest BCUT2D eigenvalue weighted by Gasteiger charge is 2.12. The van der Waals surface area contributed by atoms with Crippen LogP contribution in [0.2, 0.25) is 0 Å². The van der Waals surface area contributed by atoms with Crippen LogP contribution < -0.4 is 5.73 Å². The molecule has 2 rings (SSSR count). The fourth-order valence-corrected chi connectivity index (χ4v) is 2.88. The molecule has 1 unspecified atom stereocenters. The molecule has 0 aliphatic carbocycles. The molecule has 0 aliphatic rings. The van der Waals surface area contributed by atoms with Crippen LogP contribution in [0.15, 0.2) is 51.4 Å². The molecule has 0 bridgehead atoms. The summed E-state index contributed by atoms with van der Waals surface area (Å²) in [5.74, 6) is 0.0943. The van der Waals surface area contributed by atoms with Crippen LogP contribution in [-0.4, -0.2) is 6.54 Å². The average molecular weight is 401 g/mol. The lowest BCUT2D eigenvalue weighted by molar-refractivity contribution is 0.529. The largest absolute Gasteiger partial charge is 0.330 e. The molecule has 0 spiro atoms. The van der Waals surface area contributed by atoms with Crippen molar-refractivity contribution in [3.05, 3.63) is 68.4 Å². The van der Waals surface area contributed by atoms with Crippen molar-refractivity contribution in [1.29, 1.82) is 0 Å². The fraction of sp³-hybridized carbons (Fsp3) is 0.250. The lowest BCUT2D eigenvalue weighted by Gasteiger charge is -2.16. The van der Waals surface area contributed by atoms with Crippen LogP contribution in [0, 0.1) is 11.7 Å². The van der Waals surface area contributed by atoms with E-state index in [1.165, 1.54) is 11.6 Å². The summed E-state index contributed by atoms with van der Waals surface area (Å²) in [6.07, 6.45) is 1.66. The Morgan fingerprint density at radius 3 is 2.35 bits per heavy atom. The molecule has 20 heavy (non-hydrogen) atoms. The van der Waals surface area contributed by atoms with Crippen molar-refractivity contribution in [2.45, 2.75) is 12.8 Å². The second-order valence-electron chi connectivity index (χ2n) is 4.87. The average Bonchev–Trinajstić information content (AvgIpc) is 2.44. The highest BCUT2D eigenvalue weighted by Crippen LogP contribution is 2.23. The number of hydrogen-bond acceptors (Lipinski definition) is 1. The van der Waals surface area contributed by atoms with Crippen molar-refractivity contribution >= 4 is 31.9 Å². The summed E-state index contributed by atoms with van der Waals surface area (Å²) in [5.41, 5.74) is 8.08. The quantitative estimate of drug-likeness (QED) is 0.772. The second-order valence-corrected chi connectivity index (χ2v) is 6.64. The van der Waals surface area contributed by atoms with Crippen molar-refractivity contribution in [3.63, 3.8) is 0 Å². The summed E-state index contributed by atoms with van der Waals surface area (Å²) in [7, 11) is 0. The van der Waals surface area contributed by atoms with Gasteiger partial charge in [0, 0.05) is 8.95 Å². The minimum absolute atomic E-state index is 0.206. The minimum atomic E-state index is -0.206. The zero-order valence-electron chi connectivity index (χ0n) is 11.0. The van der Waals surface area contributed by atoms with E-state index in [9.17, 15) is 4.39 Å². The number of halogens is 3. The molecule has 0 aromatic heterocycles. The van der Waals surface area contributed by atoms with E-state index < -0.39 is 0 Å². The Bertz CT molecular complexity index is 569. The SMILES string of the molecule is NCC(Cc1ccc(Br)cc1)Cc1cc(F)ccc1Br. The molecule has 1 nitrogen and oxygen atoms in total. The summed E-state index contributed by atoms with van der Waals surface area (Å²) in [6, 6.07) is 13.0. The van der Waals surface area contributed by atoms with Gasteiger partial charge in [-0.2, -0.15) is 0 Å². The third kappa shape index (κ3) is 4.40. The van der Waals surface area contributed by atoms with E-state index in [1.54, 1.807) is 12.1 Å². The fourth-order valence-electron chi connectivity index (χ4n) is 2.20. The Balaban J connectivity index is 2.08. The zero-order valence-corrected chi connectivity index (χ0v) is 14.1. The summed E-state index contributed by atoms with van der Waals surface area (Å²) in [6.45, 7) is 0.582. The molecule has 0 radical (unpaired) electrons. The van der Waals surface area contributed by atoms with Crippen LogP contribution in [0.4, 0.5) is 4.39 Å². The van der Waals surface area contributed by atoms with Crippen LogP contribution in [0.5, 0.6) is 0 Å². The normalized spacial score (nSPS) is 12.4. The molecule has 4 heteroatoms. The first-order valence-corrected chi connectivity index (χ1v) is 8.05. The van der Waals surface area contributed by atoms with Gasteiger partial charge < -0.3 is 5.73 Å². The molecule has 0 saturated carbocycles. The molecule has 2 N–H and O–H groups in total. The van der Waals surface area contributed by atoms with E-state index in [-0.39, 0.29) is 5.82 Å². The summed E-state index contributed by atoms with van der Waals surface area (Å²) in [5, 5.41) is 0. The van der Waals surface area contributed by atoms with Gasteiger partial charge in [-0.1, -0.05) is 44.0 Å². The van der Waals surface area contributed by atoms with Crippen LogP contribution in [0.25, 0.3) is 0 Å². The van der Waals surface area contributed by atoms with Gasteiger partial charge in [-0.25, -0.2) is 4.39 Å². The van der Waals surface area contributed by atoms with Crippen molar-refractivity contribution in [2.75, 3.05) is 6.54 Å². The van der Waals surface area contributed by atoms with Gasteiger partial charge in [-0.3, -0.25) is 0 Å². The minimum Gasteiger partial charge on any atom is -0.330 e. The van der Waals surface area contributed by atoms with Gasteiger partial charge in [0.25, 0.3) is 0 Å². The monoisotopic (exact) mass is 399 g/mol. The lowest BCUT2D eigenvalue weighted by Crippen LogP contribution is -2.19. The molecule has 106 valence electrons. The van der Waals surface area contributed by atoms with E-state index in [2.05, 4.69) is 44.0 Å². The van der Waals surface area contributed by atoms with Gasteiger partial charge in [0.05, 0.1) is 0 Å². The first-order chi connectivity index (χ1) is 9.58. The van der Waals surface area contributed by atoms with E-state index >= 15 is 0 Å². The van der Waals surface area contributed by atoms with Crippen molar-refractivity contribution in [1.82, 2.24) is 0 Å². The van der Waals surface area contributed by atoms with Gasteiger partial charge in [0.1, 0.15) is 5.82 Å². The molecular formula is C16H16Br2FN. The maximum absolute atomic E-state index is 13.3. The van der Waals surface area contributed by atoms with E-state index in [0.29, 0.717) is 12.5 Å². The zero-order chi connectivity index (χ0) is 14.5. The Hall–Kier alpha value is -0.710. The van der Waals surface area contributed by atoms with Crippen LogP contribution in [-0.2, 0) is 12.8 Å². The number of hydrogen-bond donors (Lipinski definition) is 1. The Morgan fingerprint density at radius 2 is 1.70 bits per heavy atom. The molecule has 0 fully saturated rings. The standard InChI is InChI=1S/C16H16Br2FN/c17-14-3-1-11(2-4-14)7-12(10-20)8-13-9-15(19)5-6-16(13)18/h1-6,9,12H,7-8,10,20H2. The summed E-state index contributed by atoms with van der Waals surface area (Å²) < 4.78 is 15.3. The molecule has 0 aliphatic heterocycles. The van der Waals surface area contributed by atoms with E-state index in [0.717, 1.165) is 27.4 Å². The number of nitrogens with two attached hydrogens (primary N) is 1. The highest BCUT2D eigenvalue weighted by molar-refractivity contribution is 9.10. The predicted molar refractivity (Wildman–Crippen MR) is 88.2 cm³/mol. The maximum atomic E-state index is 13.3. The number of benzene rings is 2. The predicted octanol–water partition coefficient (Wildman–Crippen LogP) is 4.71. The first-order valence-electron chi connectivity index (χ1n) is 6.47. The van der Waals surface area contributed by atoms with Crippen LogP contribution >= 0.6 is 31.9 Å². The first kappa shape index (κ1) is 15.7. The van der Waals surface area contributed by atoms with Gasteiger partial charge >= 0.3 is 0 Å². The van der Waals surface area contributed by atoms with Gasteiger partial charge in [-0.15, -0.1) is 0 Å². The Kier molecular flexibility index (Phi) is 5.75. The third-order valence-corrected chi connectivity index (χ3v) is 4.59. The second kappa shape index (κ2) is 7.34. The number of rotatable bonds is 5. The summed E-state index contributed by atoms with van der Waals surface area (Å²) >= 11 is 6.90. The molecule has 0 heterocycles. The molecule has 2 aromatic rings. The molecule has 2 aromatic carbocycles. The topological polar surface area (TPSA) is 26.0 Å². The van der Waals surface area contributed by atoms with Crippen LogP contribution in [0.3, 0.4) is 0 Å². The van der Waals surface area contributed by atoms with E-state index in [1.807, 2.05) is 12.1 Å². The maximum Gasteiger partial charge on any atom is 0.123 e. The Morgan fingerprint density at radius 1 is 1.00 bits per heavy atom. The molecule has 0 amide bonds. The van der Waals surface area contributed by atoms with Crippen molar-refractivity contribution < 1.29 is 4.39 Å². The smallest absolute Gasteiger partial charge is 0.123 e. The van der Waals surface area contributed by atoms with Crippen molar-refractivity contribution in [3.8, 4) is 0 Å². The Labute approximate surface area is 135 Å². The van der Waals surface area contributed by atoms with Gasteiger partial charge in [0.15, 0.2) is 0 Å². The van der Waals surface area contributed by atoms with Crippen molar-refractivity contribution in [2.24, 2.45) is 11.7 Å². The van der Waals surface area contributed by atoms with E-state index in [4.69, 9.17) is 5.73 Å². The summed E-state index contributed by atoms with van der Waals surface area (Å²) in [4.78, 5) is 0. The van der Waals surface area contributed by atoms with Gasteiger partial charge in [-0.05, 0) is 66.8 Å². The third-order valence-electron chi connectivity index (χ3n) is 3.29. The molecule has 0 saturated heterocycles. The molecule has 1 atom stereocenters. The molecular weight excluding hydrogens is 385 g/mol. The van der Waals surface area contributed by atoms with Crippen LogP contribution in [0.1, 0.15) is 11.1 Å². The van der Waals surface area contributed by atoms with Gasteiger partial charge in [0.2, 0.25) is 0 Å².